The number of hydrazone groups is 1. The van der Waals surface area contributed by atoms with Gasteiger partial charge in [0.2, 0.25) is 0 Å². The first-order valence-electron chi connectivity index (χ1n) is 6.74. The van der Waals surface area contributed by atoms with Crippen LogP contribution in [0.3, 0.4) is 0 Å². The number of benzene rings is 2. The Hall–Kier alpha value is -2.79. The van der Waals surface area contributed by atoms with E-state index in [1.54, 1.807) is 12.3 Å². The second kappa shape index (κ2) is 6.78. The molecule has 1 heterocycles. The second-order valence-corrected chi connectivity index (χ2v) is 5.32. The van der Waals surface area contributed by atoms with Crippen molar-refractivity contribution in [3.05, 3.63) is 71.9 Å². The molecule has 0 radical (unpaired) electrons. The Morgan fingerprint density at radius 3 is 2.73 bits per heavy atom. The van der Waals surface area contributed by atoms with Gasteiger partial charge in [0.25, 0.3) is 5.91 Å². The average Bonchev–Trinajstić information content (AvgIpc) is 2.99. The SMILES string of the molecule is O=C(N/N=C/C=C/c1ccccc1)c1nsc2ccccc12. The summed E-state index contributed by atoms with van der Waals surface area (Å²) in [5, 5.41) is 4.75. The van der Waals surface area contributed by atoms with Crippen molar-refractivity contribution in [3.8, 4) is 0 Å². The number of carbonyl (C=O) groups is 1. The Morgan fingerprint density at radius 2 is 1.86 bits per heavy atom. The summed E-state index contributed by atoms with van der Waals surface area (Å²) in [6.45, 7) is 0. The van der Waals surface area contributed by atoms with Gasteiger partial charge in [0, 0.05) is 11.6 Å². The molecule has 0 bridgehead atoms. The van der Waals surface area contributed by atoms with E-state index >= 15 is 0 Å². The van der Waals surface area contributed by atoms with E-state index in [2.05, 4.69) is 14.9 Å². The van der Waals surface area contributed by atoms with E-state index in [0.717, 1.165) is 15.6 Å². The molecule has 0 atom stereocenters. The molecule has 5 heteroatoms. The van der Waals surface area contributed by atoms with Crippen LogP contribution in [0.5, 0.6) is 0 Å². The number of carbonyl (C=O) groups excluding carboxylic acids is 1. The van der Waals surface area contributed by atoms with Gasteiger partial charge in [0.05, 0.1) is 4.70 Å². The van der Waals surface area contributed by atoms with Gasteiger partial charge < -0.3 is 0 Å². The molecule has 4 nitrogen and oxygen atoms in total. The van der Waals surface area contributed by atoms with E-state index in [-0.39, 0.29) is 5.91 Å². The van der Waals surface area contributed by atoms with E-state index in [1.807, 2.05) is 60.7 Å². The van der Waals surface area contributed by atoms with Crippen LogP contribution >= 0.6 is 11.5 Å². The maximum absolute atomic E-state index is 12.0. The molecular formula is C17H13N3OS. The molecule has 3 rings (SSSR count). The lowest BCUT2D eigenvalue weighted by molar-refractivity contribution is 0.0953. The van der Waals surface area contributed by atoms with Gasteiger partial charge in [-0.1, -0.05) is 54.6 Å². The molecule has 0 aliphatic heterocycles. The van der Waals surface area contributed by atoms with Gasteiger partial charge in [-0.3, -0.25) is 4.79 Å². The fourth-order valence-corrected chi connectivity index (χ4v) is 2.73. The molecule has 22 heavy (non-hydrogen) atoms. The van der Waals surface area contributed by atoms with Crippen LogP contribution in [0, 0.1) is 0 Å². The third-order valence-corrected chi connectivity index (χ3v) is 3.83. The number of nitrogens with one attached hydrogen (secondary N) is 1. The molecule has 0 aliphatic carbocycles. The monoisotopic (exact) mass is 307 g/mol. The highest BCUT2D eigenvalue weighted by molar-refractivity contribution is 7.13. The third kappa shape index (κ3) is 3.27. The van der Waals surface area contributed by atoms with Crippen molar-refractivity contribution in [1.82, 2.24) is 9.80 Å². The van der Waals surface area contributed by atoms with Crippen LogP contribution < -0.4 is 5.43 Å². The Labute approximate surface area is 132 Å². The summed E-state index contributed by atoms with van der Waals surface area (Å²) in [5.41, 5.74) is 3.97. The molecule has 0 unspecified atom stereocenters. The highest BCUT2D eigenvalue weighted by Gasteiger charge is 2.12. The summed E-state index contributed by atoms with van der Waals surface area (Å²) in [6, 6.07) is 17.5. The van der Waals surface area contributed by atoms with E-state index in [0.29, 0.717) is 5.69 Å². The smallest absolute Gasteiger partial charge is 0.265 e. The van der Waals surface area contributed by atoms with E-state index in [1.165, 1.54) is 11.5 Å². The summed E-state index contributed by atoms with van der Waals surface area (Å²) >= 11 is 1.31. The minimum absolute atomic E-state index is 0.304. The van der Waals surface area contributed by atoms with Gasteiger partial charge in [0.1, 0.15) is 0 Å². The Balaban J connectivity index is 1.63. The molecule has 0 saturated carbocycles. The van der Waals surface area contributed by atoms with Crippen molar-refractivity contribution in [2.45, 2.75) is 0 Å². The first-order chi connectivity index (χ1) is 10.8. The number of hydrogen-bond acceptors (Lipinski definition) is 4. The van der Waals surface area contributed by atoms with Gasteiger partial charge in [-0.15, -0.1) is 0 Å². The number of aromatic nitrogens is 1. The summed E-state index contributed by atoms with van der Waals surface area (Å²) in [5.74, 6) is -0.304. The van der Waals surface area contributed by atoms with Crippen LogP contribution in [0.25, 0.3) is 16.2 Å². The van der Waals surface area contributed by atoms with Crippen LogP contribution in [-0.4, -0.2) is 16.5 Å². The molecular weight excluding hydrogens is 294 g/mol. The van der Waals surface area contributed by atoms with Gasteiger partial charge in [-0.2, -0.15) is 9.47 Å². The summed E-state index contributed by atoms with van der Waals surface area (Å²) < 4.78 is 5.17. The number of amides is 1. The van der Waals surface area contributed by atoms with Gasteiger partial charge in [0.15, 0.2) is 5.69 Å². The number of rotatable bonds is 4. The topological polar surface area (TPSA) is 54.4 Å². The van der Waals surface area contributed by atoms with Crippen molar-refractivity contribution >= 4 is 39.8 Å². The molecule has 0 aliphatic rings. The Morgan fingerprint density at radius 1 is 1.09 bits per heavy atom. The summed E-state index contributed by atoms with van der Waals surface area (Å²) in [7, 11) is 0. The molecule has 1 amide bonds. The zero-order valence-electron chi connectivity index (χ0n) is 11.6. The lowest BCUT2D eigenvalue weighted by atomic mass is 10.2. The number of fused-ring (bicyclic) bond motifs is 1. The zero-order valence-corrected chi connectivity index (χ0v) is 12.5. The number of nitrogens with zero attached hydrogens (tertiary/aromatic N) is 2. The highest BCUT2D eigenvalue weighted by Crippen LogP contribution is 2.21. The van der Waals surface area contributed by atoms with E-state index in [4.69, 9.17) is 0 Å². The number of hydrogen-bond donors (Lipinski definition) is 1. The van der Waals surface area contributed by atoms with Crippen molar-refractivity contribution in [1.29, 1.82) is 0 Å². The zero-order chi connectivity index (χ0) is 15.2. The predicted molar refractivity (Wildman–Crippen MR) is 91.1 cm³/mol. The second-order valence-electron chi connectivity index (χ2n) is 4.52. The lowest BCUT2D eigenvalue weighted by Crippen LogP contribution is -2.17. The predicted octanol–water partition coefficient (Wildman–Crippen LogP) is 3.73. The molecule has 2 aromatic carbocycles. The standard InChI is InChI=1S/C17H13N3OS/c21-17(16-14-10-4-5-11-15(14)22-20-16)19-18-12-6-9-13-7-2-1-3-8-13/h1-12H,(H,19,21)/b9-6+,18-12+. The van der Waals surface area contributed by atoms with Gasteiger partial charge >= 0.3 is 0 Å². The maximum atomic E-state index is 12.0. The van der Waals surface area contributed by atoms with Gasteiger partial charge in [-0.25, -0.2) is 5.43 Å². The summed E-state index contributed by atoms with van der Waals surface area (Å²) in [6.07, 6.45) is 5.22. The van der Waals surface area contributed by atoms with Crippen molar-refractivity contribution in [3.63, 3.8) is 0 Å². The fourth-order valence-electron chi connectivity index (χ4n) is 1.96. The molecule has 108 valence electrons. The fraction of sp³-hybridized carbons (Fsp3) is 0. The Kier molecular flexibility index (Phi) is 4.36. The quantitative estimate of drug-likeness (QED) is 0.590. The molecule has 0 fully saturated rings. The minimum Gasteiger partial charge on any atom is -0.265 e. The highest BCUT2D eigenvalue weighted by atomic mass is 32.1. The summed E-state index contributed by atoms with van der Waals surface area (Å²) in [4.78, 5) is 12.0. The first kappa shape index (κ1) is 14.2. The van der Waals surface area contributed by atoms with Crippen molar-refractivity contribution in [2.75, 3.05) is 0 Å². The molecule has 1 N–H and O–H groups in total. The van der Waals surface area contributed by atoms with Crippen molar-refractivity contribution in [2.24, 2.45) is 5.10 Å². The van der Waals surface area contributed by atoms with Crippen LogP contribution in [-0.2, 0) is 0 Å². The van der Waals surface area contributed by atoms with Crippen LogP contribution in [0.4, 0.5) is 0 Å². The molecule has 3 aromatic rings. The lowest BCUT2D eigenvalue weighted by Gasteiger charge is -1.95. The van der Waals surface area contributed by atoms with Crippen molar-refractivity contribution < 1.29 is 4.79 Å². The first-order valence-corrected chi connectivity index (χ1v) is 7.51. The average molecular weight is 307 g/mol. The minimum atomic E-state index is -0.304. The van der Waals surface area contributed by atoms with Crippen LogP contribution in [0.1, 0.15) is 16.1 Å². The largest absolute Gasteiger partial charge is 0.291 e. The van der Waals surface area contributed by atoms with Crippen LogP contribution in [0.2, 0.25) is 0 Å². The third-order valence-electron chi connectivity index (χ3n) is 3.01. The molecule has 0 saturated heterocycles. The number of allylic oxidation sites excluding steroid dienone is 1. The molecule has 0 spiro atoms. The van der Waals surface area contributed by atoms with E-state index in [9.17, 15) is 4.79 Å². The normalized spacial score (nSPS) is 11.5. The van der Waals surface area contributed by atoms with E-state index < -0.39 is 0 Å². The van der Waals surface area contributed by atoms with Gasteiger partial charge in [-0.05, 0) is 29.2 Å². The maximum Gasteiger partial charge on any atom is 0.291 e. The van der Waals surface area contributed by atoms with Crippen LogP contribution in [0.15, 0.2) is 65.8 Å². The molecule has 1 aromatic heterocycles. The Bertz CT molecular complexity index is 837.